The minimum Gasteiger partial charge on any atom is -0.352 e. The van der Waals surface area contributed by atoms with E-state index < -0.39 is 0 Å². The van der Waals surface area contributed by atoms with Crippen LogP contribution in [-0.2, 0) is 11.3 Å². The molecule has 0 saturated heterocycles. The van der Waals surface area contributed by atoms with Crippen LogP contribution in [0.4, 0.5) is 5.69 Å². The Bertz CT molecular complexity index is 856. The third-order valence-electron chi connectivity index (χ3n) is 6.38. The van der Waals surface area contributed by atoms with Crippen LogP contribution in [0, 0.1) is 17.8 Å². The standard InChI is InChI=1S/C23H28N4O2/c24-21-16-4-2-5-17(21)13-19(12-16)22(28)26-14-15-3-1-6-18(11-15)23(29)27-20-7-9-25-10-8-20/h1,3,6-11,16-17,19,21H,2,4-5,12-14,24H2,(H,26,28)(H,25,27,29). The van der Waals surface area contributed by atoms with Crippen LogP contribution in [0.1, 0.15) is 48.0 Å². The molecule has 2 aliphatic carbocycles. The number of benzene rings is 1. The maximum absolute atomic E-state index is 12.7. The van der Waals surface area contributed by atoms with Crippen molar-refractivity contribution in [2.45, 2.75) is 44.7 Å². The number of nitrogens with one attached hydrogen (secondary N) is 2. The largest absolute Gasteiger partial charge is 0.352 e. The number of carbonyl (C=O) groups is 2. The van der Waals surface area contributed by atoms with Crippen LogP contribution in [0.25, 0.3) is 0 Å². The Morgan fingerprint density at radius 1 is 1.07 bits per heavy atom. The van der Waals surface area contributed by atoms with E-state index in [1.807, 2.05) is 18.2 Å². The molecule has 4 N–H and O–H groups in total. The van der Waals surface area contributed by atoms with Crippen LogP contribution in [0.2, 0.25) is 0 Å². The monoisotopic (exact) mass is 392 g/mol. The van der Waals surface area contributed by atoms with Crippen molar-refractivity contribution in [2.75, 3.05) is 5.32 Å². The molecule has 2 aliphatic rings. The molecule has 2 aromatic rings. The van der Waals surface area contributed by atoms with Crippen molar-refractivity contribution in [3.8, 4) is 0 Å². The second-order valence-corrected chi connectivity index (χ2v) is 8.30. The number of amides is 2. The number of pyridine rings is 1. The average Bonchev–Trinajstić information content (AvgIpc) is 2.73. The van der Waals surface area contributed by atoms with E-state index >= 15 is 0 Å². The summed E-state index contributed by atoms with van der Waals surface area (Å²) in [5.74, 6) is 0.958. The highest BCUT2D eigenvalue weighted by Gasteiger charge is 2.40. The van der Waals surface area contributed by atoms with E-state index in [0.717, 1.165) is 31.2 Å². The molecule has 4 rings (SSSR count). The maximum Gasteiger partial charge on any atom is 0.255 e. The van der Waals surface area contributed by atoms with Gasteiger partial charge in [-0.05, 0) is 67.3 Å². The Kier molecular flexibility index (Phi) is 5.90. The molecule has 2 amide bonds. The second kappa shape index (κ2) is 8.74. The van der Waals surface area contributed by atoms with Gasteiger partial charge in [0.1, 0.15) is 0 Å². The third kappa shape index (κ3) is 4.65. The van der Waals surface area contributed by atoms with Gasteiger partial charge in [0.05, 0.1) is 0 Å². The fourth-order valence-electron chi connectivity index (χ4n) is 4.80. The number of carbonyl (C=O) groups excluding carboxylic acids is 2. The highest BCUT2D eigenvalue weighted by Crippen LogP contribution is 2.41. The normalized spacial score (nSPS) is 25.8. The summed E-state index contributed by atoms with van der Waals surface area (Å²) in [7, 11) is 0. The fourth-order valence-corrected chi connectivity index (χ4v) is 4.80. The fraction of sp³-hybridized carbons (Fsp3) is 0.435. The number of fused-ring (bicyclic) bond motifs is 2. The Labute approximate surface area is 171 Å². The Hall–Kier alpha value is -2.73. The third-order valence-corrected chi connectivity index (χ3v) is 6.38. The van der Waals surface area contributed by atoms with Crippen molar-refractivity contribution in [3.63, 3.8) is 0 Å². The predicted octanol–water partition coefficient (Wildman–Crippen LogP) is 3.10. The summed E-state index contributed by atoms with van der Waals surface area (Å²) in [6.07, 6.45) is 8.61. The molecule has 2 fully saturated rings. The lowest BCUT2D eigenvalue weighted by Gasteiger charge is -2.43. The first kappa shape index (κ1) is 19.6. The van der Waals surface area contributed by atoms with Crippen molar-refractivity contribution >= 4 is 17.5 Å². The zero-order valence-corrected chi connectivity index (χ0v) is 16.5. The van der Waals surface area contributed by atoms with Gasteiger partial charge >= 0.3 is 0 Å². The Morgan fingerprint density at radius 2 is 1.79 bits per heavy atom. The van der Waals surface area contributed by atoms with Crippen LogP contribution in [0.15, 0.2) is 48.8 Å². The molecule has 2 unspecified atom stereocenters. The number of hydrogen-bond donors (Lipinski definition) is 3. The summed E-state index contributed by atoms with van der Waals surface area (Å²) in [6.45, 7) is 0.424. The molecule has 2 atom stereocenters. The van der Waals surface area contributed by atoms with Gasteiger partial charge in [0.15, 0.2) is 0 Å². The smallest absolute Gasteiger partial charge is 0.255 e. The average molecular weight is 393 g/mol. The molecule has 6 heteroatoms. The highest BCUT2D eigenvalue weighted by atomic mass is 16.2. The summed E-state index contributed by atoms with van der Waals surface area (Å²) in [4.78, 5) is 29.1. The van der Waals surface area contributed by atoms with E-state index in [-0.39, 0.29) is 23.8 Å². The first-order chi connectivity index (χ1) is 14.1. The van der Waals surface area contributed by atoms with E-state index in [1.165, 1.54) is 6.42 Å². The zero-order chi connectivity index (χ0) is 20.2. The summed E-state index contributed by atoms with van der Waals surface area (Å²) in [5, 5.41) is 5.92. The number of nitrogens with two attached hydrogens (primary N) is 1. The summed E-state index contributed by atoms with van der Waals surface area (Å²) >= 11 is 0. The first-order valence-electron chi connectivity index (χ1n) is 10.4. The van der Waals surface area contributed by atoms with Crippen LogP contribution in [0.5, 0.6) is 0 Å². The van der Waals surface area contributed by atoms with Crippen molar-refractivity contribution in [3.05, 3.63) is 59.9 Å². The van der Waals surface area contributed by atoms with Crippen molar-refractivity contribution < 1.29 is 9.59 Å². The molecule has 1 aromatic heterocycles. The van der Waals surface area contributed by atoms with Crippen molar-refractivity contribution in [1.29, 1.82) is 0 Å². The number of anilines is 1. The Balaban J connectivity index is 1.33. The lowest BCUT2D eigenvalue weighted by Crippen LogP contribution is -2.49. The molecule has 0 spiro atoms. The van der Waals surface area contributed by atoms with Crippen LogP contribution >= 0.6 is 0 Å². The van der Waals surface area contributed by atoms with Gasteiger partial charge in [-0.1, -0.05) is 18.6 Å². The minimum absolute atomic E-state index is 0.0586. The molecule has 0 aliphatic heterocycles. The highest BCUT2D eigenvalue weighted by molar-refractivity contribution is 6.04. The van der Waals surface area contributed by atoms with Crippen LogP contribution < -0.4 is 16.4 Å². The van der Waals surface area contributed by atoms with Gasteiger partial charge in [-0.3, -0.25) is 14.6 Å². The van der Waals surface area contributed by atoms with Gasteiger partial charge < -0.3 is 16.4 Å². The van der Waals surface area contributed by atoms with E-state index in [2.05, 4.69) is 15.6 Å². The summed E-state index contributed by atoms with van der Waals surface area (Å²) < 4.78 is 0. The lowest BCUT2D eigenvalue weighted by molar-refractivity contribution is -0.128. The lowest BCUT2D eigenvalue weighted by atomic mass is 9.65. The number of nitrogens with zero attached hydrogens (tertiary/aromatic N) is 1. The first-order valence-corrected chi connectivity index (χ1v) is 10.4. The maximum atomic E-state index is 12.7. The van der Waals surface area contributed by atoms with E-state index in [1.54, 1.807) is 30.6 Å². The molecular weight excluding hydrogens is 364 g/mol. The van der Waals surface area contributed by atoms with Gasteiger partial charge in [0.2, 0.25) is 5.91 Å². The predicted molar refractivity (Wildman–Crippen MR) is 112 cm³/mol. The van der Waals surface area contributed by atoms with E-state index in [9.17, 15) is 9.59 Å². The molecule has 2 saturated carbocycles. The Morgan fingerprint density at radius 3 is 2.52 bits per heavy atom. The van der Waals surface area contributed by atoms with Crippen LogP contribution in [-0.4, -0.2) is 22.8 Å². The number of rotatable bonds is 5. The van der Waals surface area contributed by atoms with Gasteiger partial charge in [-0.2, -0.15) is 0 Å². The molecular formula is C23H28N4O2. The molecule has 152 valence electrons. The zero-order valence-electron chi connectivity index (χ0n) is 16.5. The van der Waals surface area contributed by atoms with Crippen molar-refractivity contribution in [2.24, 2.45) is 23.5 Å². The topological polar surface area (TPSA) is 97.1 Å². The van der Waals surface area contributed by atoms with Crippen molar-refractivity contribution in [1.82, 2.24) is 10.3 Å². The number of hydrogen-bond acceptors (Lipinski definition) is 4. The minimum atomic E-state index is -0.182. The molecule has 1 heterocycles. The van der Waals surface area contributed by atoms with Gasteiger partial charge in [0.25, 0.3) is 5.91 Å². The quantitative estimate of drug-likeness (QED) is 0.728. The molecule has 1 aromatic carbocycles. The molecule has 2 bridgehead atoms. The van der Waals surface area contributed by atoms with Crippen LogP contribution in [0.3, 0.4) is 0 Å². The second-order valence-electron chi connectivity index (χ2n) is 8.30. The van der Waals surface area contributed by atoms with Gasteiger partial charge in [-0.15, -0.1) is 0 Å². The van der Waals surface area contributed by atoms with Gasteiger partial charge in [-0.25, -0.2) is 0 Å². The summed E-state index contributed by atoms with van der Waals surface area (Å²) in [5.41, 5.74) is 8.51. The summed E-state index contributed by atoms with van der Waals surface area (Å²) in [6, 6.07) is 11.1. The van der Waals surface area contributed by atoms with E-state index in [0.29, 0.717) is 29.6 Å². The molecule has 0 radical (unpaired) electrons. The SMILES string of the molecule is NC1C2CCCC1CC(C(=O)NCc1cccc(C(=O)Nc3ccncc3)c1)C2. The molecule has 29 heavy (non-hydrogen) atoms. The number of aromatic nitrogens is 1. The van der Waals surface area contributed by atoms with E-state index in [4.69, 9.17) is 5.73 Å². The van der Waals surface area contributed by atoms with Gasteiger partial charge in [0, 0.05) is 42.1 Å². The molecule has 6 nitrogen and oxygen atoms in total.